The van der Waals surface area contributed by atoms with Gasteiger partial charge in [-0.15, -0.1) is 0 Å². The van der Waals surface area contributed by atoms with Crippen LogP contribution in [0, 0.1) is 5.92 Å². The molecule has 0 spiro atoms. The van der Waals surface area contributed by atoms with Crippen LogP contribution in [0.3, 0.4) is 0 Å². The third-order valence-electron chi connectivity index (χ3n) is 8.10. The molecule has 0 saturated carbocycles. The second-order valence-electron chi connectivity index (χ2n) is 13.7. The molecule has 24 nitrogen and oxygen atoms in total. The number of carboxylic acids is 2. The van der Waals surface area contributed by atoms with Crippen LogP contribution in [0.1, 0.15) is 57.9 Å². The van der Waals surface area contributed by atoms with E-state index in [9.17, 15) is 53.7 Å². The lowest BCUT2D eigenvalue weighted by molar-refractivity contribution is -0.142. The minimum atomic E-state index is -1.73. The van der Waals surface area contributed by atoms with Crippen LogP contribution in [0.25, 0.3) is 0 Å². The number of nitrogens with one attached hydrogen (secondary N) is 6. The van der Waals surface area contributed by atoms with Crippen molar-refractivity contribution < 1.29 is 53.7 Å². The number of hydrogen-bond donors (Lipinski definition) is 14. The number of amides is 6. The summed E-state index contributed by atoms with van der Waals surface area (Å²) in [5.41, 5.74) is 27.9. The molecule has 0 saturated heterocycles. The number of benzene rings is 1. The van der Waals surface area contributed by atoms with E-state index in [1.54, 1.807) is 26.0 Å². The van der Waals surface area contributed by atoms with Gasteiger partial charge in [-0.1, -0.05) is 26.0 Å². The molecule has 24 heteroatoms. The van der Waals surface area contributed by atoms with Crippen LogP contribution in [-0.2, 0) is 44.8 Å². The average molecular weight is 836 g/mol. The Labute approximate surface area is 339 Å². The molecule has 5 atom stereocenters. The summed E-state index contributed by atoms with van der Waals surface area (Å²) in [6.07, 6.45) is -0.412. The summed E-state index contributed by atoms with van der Waals surface area (Å²) >= 11 is 0. The first-order chi connectivity index (χ1) is 27.7. The van der Waals surface area contributed by atoms with Crippen molar-refractivity contribution in [2.45, 2.75) is 89.0 Å². The Balaban J connectivity index is 2.95. The van der Waals surface area contributed by atoms with Gasteiger partial charge in [0, 0.05) is 13.1 Å². The molecule has 0 heterocycles. The fourth-order valence-corrected chi connectivity index (χ4v) is 5.22. The van der Waals surface area contributed by atoms with Crippen molar-refractivity contribution in [3.8, 4) is 5.75 Å². The molecular formula is C35H57N13O11. The van der Waals surface area contributed by atoms with Crippen LogP contribution in [0.5, 0.6) is 5.75 Å². The maximum Gasteiger partial charge on any atom is 0.326 e. The minimum absolute atomic E-state index is 0.00769. The number of phenols is 1. The second kappa shape index (κ2) is 26.2. The molecule has 6 amide bonds. The number of aliphatic imine (C=N–C) groups is 2. The van der Waals surface area contributed by atoms with Gasteiger partial charge in [-0.05, 0) is 62.1 Å². The number of nitrogens with two attached hydrogens (primary N) is 5. The van der Waals surface area contributed by atoms with Gasteiger partial charge in [-0.25, -0.2) is 4.79 Å². The van der Waals surface area contributed by atoms with E-state index in [0.717, 1.165) is 0 Å². The van der Waals surface area contributed by atoms with Crippen LogP contribution < -0.4 is 60.6 Å². The van der Waals surface area contributed by atoms with Gasteiger partial charge < -0.3 is 75.9 Å². The van der Waals surface area contributed by atoms with Gasteiger partial charge in [0.05, 0.1) is 25.6 Å². The molecule has 0 bridgehead atoms. The molecule has 0 aromatic heterocycles. The fourth-order valence-electron chi connectivity index (χ4n) is 5.22. The Morgan fingerprint density at radius 1 is 0.644 bits per heavy atom. The van der Waals surface area contributed by atoms with Crippen molar-refractivity contribution in [1.82, 2.24) is 31.9 Å². The zero-order valence-electron chi connectivity index (χ0n) is 32.9. The Bertz CT molecular complexity index is 1660. The van der Waals surface area contributed by atoms with Crippen molar-refractivity contribution in [1.29, 1.82) is 0 Å². The van der Waals surface area contributed by atoms with Crippen molar-refractivity contribution in [3.05, 3.63) is 29.8 Å². The zero-order chi connectivity index (χ0) is 44.7. The Kier molecular flexibility index (Phi) is 22.4. The van der Waals surface area contributed by atoms with Crippen molar-refractivity contribution in [2.24, 2.45) is 44.6 Å². The van der Waals surface area contributed by atoms with Gasteiger partial charge >= 0.3 is 11.9 Å². The first-order valence-electron chi connectivity index (χ1n) is 18.5. The van der Waals surface area contributed by atoms with Crippen LogP contribution in [0.15, 0.2) is 34.3 Å². The summed E-state index contributed by atoms with van der Waals surface area (Å²) in [7, 11) is 0. The maximum absolute atomic E-state index is 13.3. The van der Waals surface area contributed by atoms with Gasteiger partial charge in [0.15, 0.2) is 11.9 Å². The number of carbonyl (C=O) groups excluding carboxylic acids is 6. The Morgan fingerprint density at radius 2 is 1.12 bits per heavy atom. The molecule has 1 aromatic carbocycles. The number of nitrogens with zero attached hydrogens (tertiary/aromatic N) is 2. The van der Waals surface area contributed by atoms with Crippen LogP contribution in [-0.4, -0.2) is 131 Å². The van der Waals surface area contributed by atoms with E-state index in [0.29, 0.717) is 5.56 Å². The Morgan fingerprint density at radius 3 is 1.59 bits per heavy atom. The average Bonchev–Trinajstić information content (AvgIpc) is 3.14. The van der Waals surface area contributed by atoms with Gasteiger partial charge in [0.1, 0.15) is 29.9 Å². The molecule has 1 rings (SSSR count). The highest BCUT2D eigenvalue weighted by Gasteiger charge is 2.30. The number of aliphatic carboxylic acids is 2. The zero-order valence-corrected chi connectivity index (χ0v) is 32.9. The largest absolute Gasteiger partial charge is 0.508 e. The lowest BCUT2D eigenvalue weighted by Crippen LogP contribution is -2.57. The summed E-state index contributed by atoms with van der Waals surface area (Å²) in [5, 5.41) is 42.5. The van der Waals surface area contributed by atoms with Crippen molar-refractivity contribution in [2.75, 3.05) is 26.2 Å². The van der Waals surface area contributed by atoms with E-state index in [2.05, 4.69) is 41.9 Å². The normalized spacial score (nSPS) is 13.2. The van der Waals surface area contributed by atoms with Crippen LogP contribution >= 0.6 is 0 Å². The summed E-state index contributed by atoms with van der Waals surface area (Å²) in [6, 6.07) is -0.707. The smallest absolute Gasteiger partial charge is 0.326 e. The first-order valence-corrected chi connectivity index (χ1v) is 18.5. The van der Waals surface area contributed by atoms with Crippen molar-refractivity contribution >= 4 is 59.3 Å². The standard InChI is InChI=1S/C35H57N13O11/c1-18(2)13-24(31(56)44-16-26(50)45-23(33(58)59)6-4-12-42-35(39)40)48-32(57)25(15-28(52)53)46-27(51)17-43-30(55)22(5-3-11-41-34(37)38)47-29(54)21(36)14-19-7-9-20(49)10-8-19/h7-10,18,21-25,49H,3-6,11-17,36H2,1-2H3,(H,43,55)(H,44,56)(H,45,50)(H,46,51)(H,47,54)(H,48,57)(H,52,53)(H,58,59)(H4,37,38,41)(H4,39,40,42)/t21-,22-,23-,24-,25-/m0/s1. The molecule has 1 aromatic rings. The van der Waals surface area contributed by atoms with Crippen LogP contribution in [0.2, 0.25) is 0 Å². The van der Waals surface area contributed by atoms with Crippen LogP contribution in [0.4, 0.5) is 0 Å². The molecule has 0 aliphatic carbocycles. The van der Waals surface area contributed by atoms with Crippen molar-refractivity contribution in [3.63, 3.8) is 0 Å². The summed E-state index contributed by atoms with van der Waals surface area (Å²) in [6.45, 7) is 2.23. The summed E-state index contributed by atoms with van der Waals surface area (Å²) in [4.78, 5) is 109. The molecule has 19 N–H and O–H groups in total. The molecule has 0 aliphatic rings. The van der Waals surface area contributed by atoms with E-state index in [4.69, 9.17) is 28.7 Å². The predicted octanol–water partition coefficient (Wildman–Crippen LogP) is -4.85. The number of hydrogen-bond acceptors (Lipinski definition) is 12. The van der Waals surface area contributed by atoms with E-state index >= 15 is 0 Å². The number of carboxylic acid groups (broad SMARTS) is 2. The molecular weight excluding hydrogens is 778 g/mol. The molecule has 0 radical (unpaired) electrons. The number of aromatic hydroxyl groups is 1. The molecule has 0 fully saturated rings. The van der Waals surface area contributed by atoms with E-state index in [1.165, 1.54) is 12.1 Å². The highest BCUT2D eigenvalue weighted by Crippen LogP contribution is 2.11. The summed E-state index contributed by atoms with van der Waals surface area (Å²) in [5.74, 6) is -8.70. The predicted molar refractivity (Wildman–Crippen MR) is 213 cm³/mol. The number of guanidine groups is 2. The maximum atomic E-state index is 13.3. The second-order valence-corrected chi connectivity index (χ2v) is 13.7. The third-order valence-corrected chi connectivity index (χ3v) is 8.10. The van der Waals surface area contributed by atoms with Gasteiger partial charge in [-0.3, -0.25) is 43.5 Å². The van der Waals surface area contributed by atoms with Gasteiger partial charge in [0.25, 0.3) is 0 Å². The van der Waals surface area contributed by atoms with E-state index in [-0.39, 0.29) is 75.2 Å². The van der Waals surface area contributed by atoms with Gasteiger partial charge in [-0.2, -0.15) is 0 Å². The first kappa shape index (κ1) is 50.3. The lowest BCUT2D eigenvalue weighted by Gasteiger charge is -2.24. The van der Waals surface area contributed by atoms with E-state index in [1.807, 2.05) is 0 Å². The van der Waals surface area contributed by atoms with Gasteiger partial charge in [0.2, 0.25) is 35.4 Å². The molecule has 0 aliphatic heterocycles. The number of carbonyl (C=O) groups is 8. The lowest BCUT2D eigenvalue weighted by atomic mass is 10.0. The molecule has 59 heavy (non-hydrogen) atoms. The monoisotopic (exact) mass is 835 g/mol. The number of phenolic OH excluding ortho intramolecular Hbond substituents is 1. The topological polar surface area (TPSA) is 424 Å². The quantitative estimate of drug-likeness (QED) is 0.0224. The Hall–Kier alpha value is -6.72. The third kappa shape index (κ3) is 22.0. The summed E-state index contributed by atoms with van der Waals surface area (Å²) < 4.78 is 0. The molecule has 0 unspecified atom stereocenters. The molecule has 328 valence electrons. The SMILES string of the molecule is CC(C)C[C@H](NC(=O)[C@H](CC(=O)O)NC(=O)CNC(=O)[C@H](CCCN=C(N)N)NC(=O)[C@@H](N)Cc1ccc(O)cc1)C(=O)NCC(=O)N[C@@H](CCCN=C(N)N)C(=O)O. The highest BCUT2D eigenvalue weighted by molar-refractivity contribution is 5.96. The number of rotatable bonds is 27. The van der Waals surface area contributed by atoms with E-state index < -0.39 is 97.1 Å². The fraction of sp³-hybridized carbons (Fsp3) is 0.543. The minimum Gasteiger partial charge on any atom is -0.508 e. The highest BCUT2D eigenvalue weighted by atomic mass is 16.4.